The Labute approximate surface area is 128 Å². The first-order valence-electron chi connectivity index (χ1n) is 6.84. The number of amides is 2. The van der Waals surface area contributed by atoms with Gasteiger partial charge in [-0.2, -0.15) is 4.57 Å². The Balaban J connectivity index is 2.03. The van der Waals surface area contributed by atoms with Crippen LogP contribution in [-0.4, -0.2) is 16.9 Å². The molecule has 0 spiro atoms. The van der Waals surface area contributed by atoms with Crippen LogP contribution in [0.15, 0.2) is 48.8 Å². The van der Waals surface area contributed by atoms with Crippen LogP contribution in [0.25, 0.3) is 0 Å². The van der Waals surface area contributed by atoms with Crippen molar-refractivity contribution in [1.82, 2.24) is 0 Å². The third kappa shape index (κ3) is 4.05. The van der Waals surface area contributed by atoms with E-state index in [9.17, 15) is 14.7 Å². The molecule has 114 valence electrons. The van der Waals surface area contributed by atoms with Gasteiger partial charge in [-0.1, -0.05) is 0 Å². The van der Waals surface area contributed by atoms with E-state index in [1.165, 1.54) is 13.1 Å². The number of aromatic nitrogens is 1. The monoisotopic (exact) mass is 300 g/mol. The molecule has 0 saturated carbocycles. The molecule has 0 saturated heterocycles. The van der Waals surface area contributed by atoms with Crippen LogP contribution in [0.4, 0.5) is 11.4 Å². The molecule has 0 radical (unpaired) electrons. The van der Waals surface area contributed by atoms with Gasteiger partial charge in [0.15, 0.2) is 11.9 Å². The van der Waals surface area contributed by atoms with Gasteiger partial charge in [0.2, 0.25) is 18.1 Å². The van der Waals surface area contributed by atoms with Crippen molar-refractivity contribution in [2.75, 3.05) is 10.6 Å². The Morgan fingerprint density at radius 2 is 1.68 bits per heavy atom. The minimum atomic E-state index is -0.470. The number of nitrogens with zero attached hydrogens (tertiary/aromatic N) is 1. The lowest BCUT2D eigenvalue weighted by atomic mass is 10.2. The minimum absolute atomic E-state index is 0.0989. The van der Waals surface area contributed by atoms with E-state index in [1.54, 1.807) is 54.1 Å². The van der Waals surface area contributed by atoms with E-state index in [1.807, 2.05) is 0 Å². The average Bonchev–Trinajstić information content (AvgIpc) is 2.48. The van der Waals surface area contributed by atoms with Crippen molar-refractivity contribution in [3.05, 3.63) is 48.8 Å². The number of carbonyl (C=O) groups excluding carboxylic acids is 2. The van der Waals surface area contributed by atoms with Crippen LogP contribution in [0.2, 0.25) is 0 Å². The van der Waals surface area contributed by atoms with Gasteiger partial charge in [-0.3, -0.25) is 9.59 Å². The van der Waals surface area contributed by atoms with E-state index in [0.717, 1.165) is 0 Å². The highest BCUT2D eigenvalue weighted by Crippen LogP contribution is 2.14. The summed E-state index contributed by atoms with van der Waals surface area (Å²) in [5.41, 5.74) is 1.30. The molecule has 0 fully saturated rings. The number of anilines is 2. The lowest BCUT2D eigenvalue weighted by Gasteiger charge is -2.09. The molecule has 0 aliphatic carbocycles. The van der Waals surface area contributed by atoms with Crippen LogP contribution in [-0.2, 0) is 9.59 Å². The fourth-order valence-corrected chi connectivity index (χ4v) is 1.94. The van der Waals surface area contributed by atoms with E-state index in [0.29, 0.717) is 11.4 Å². The van der Waals surface area contributed by atoms with Gasteiger partial charge in [-0.15, -0.1) is 0 Å². The molecule has 6 nitrogen and oxygen atoms in total. The number of carbonyl (C=O) groups is 2. The molecule has 2 aromatic rings. The molecule has 2 amide bonds. The van der Waals surface area contributed by atoms with E-state index >= 15 is 0 Å². The summed E-state index contributed by atoms with van der Waals surface area (Å²) in [5.74, 6) is -0.254. The molecule has 1 aromatic heterocycles. The van der Waals surface area contributed by atoms with Crippen LogP contribution in [0, 0.1) is 0 Å². The molecule has 22 heavy (non-hydrogen) atoms. The van der Waals surface area contributed by atoms with Crippen molar-refractivity contribution in [1.29, 1.82) is 0 Å². The van der Waals surface area contributed by atoms with Crippen molar-refractivity contribution in [2.24, 2.45) is 0 Å². The Bertz CT molecular complexity index is 683. The first-order valence-corrected chi connectivity index (χ1v) is 6.84. The molecule has 0 unspecified atom stereocenters. The number of hydrogen-bond donors (Lipinski definition) is 3. The van der Waals surface area contributed by atoms with E-state index in [2.05, 4.69) is 10.6 Å². The summed E-state index contributed by atoms with van der Waals surface area (Å²) in [7, 11) is 0. The SMILES string of the molecule is CC(=O)Nc1ccc(NC(=O)[C@@H](C)[n+]2cccc(O)c2)cc1. The van der Waals surface area contributed by atoms with Gasteiger partial charge >= 0.3 is 0 Å². The molecule has 1 heterocycles. The Hall–Kier alpha value is -2.89. The Kier molecular flexibility index (Phi) is 4.73. The zero-order valence-corrected chi connectivity index (χ0v) is 12.4. The second-order valence-corrected chi connectivity index (χ2v) is 4.93. The van der Waals surface area contributed by atoms with Crippen LogP contribution >= 0.6 is 0 Å². The third-order valence-electron chi connectivity index (χ3n) is 3.11. The lowest BCUT2D eigenvalue weighted by Crippen LogP contribution is -2.43. The second kappa shape index (κ2) is 6.71. The fraction of sp³-hybridized carbons (Fsp3) is 0.188. The molecule has 3 N–H and O–H groups in total. The summed E-state index contributed by atoms with van der Waals surface area (Å²) in [6, 6.07) is 9.59. The Morgan fingerprint density at radius 3 is 2.23 bits per heavy atom. The molecule has 0 bridgehead atoms. The summed E-state index contributed by atoms with van der Waals surface area (Å²) >= 11 is 0. The topological polar surface area (TPSA) is 82.3 Å². The Morgan fingerprint density at radius 1 is 1.09 bits per heavy atom. The predicted octanol–water partition coefficient (Wildman–Crippen LogP) is 1.84. The zero-order valence-electron chi connectivity index (χ0n) is 12.4. The van der Waals surface area contributed by atoms with Gasteiger partial charge in [0.25, 0.3) is 5.91 Å². The average molecular weight is 300 g/mol. The van der Waals surface area contributed by atoms with Crippen LogP contribution < -0.4 is 15.2 Å². The lowest BCUT2D eigenvalue weighted by molar-refractivity contribution is -0.705. The maximum Gasteiger partial charge on any atom is 0.293 e. The third-order valence-corrected chi connectivity index (χ3v) is 3.11. The largest absolute Gasteiger partial charge is 0.503 e. The number of rotatable bonds is 4. The summed E-state index contributed by atoms with van der Waals surface area (Å²) in [4.78, 5) is 23.1. The quantitative estimate of drug-likeness (QED) is 0.753. The van der Waals surface area contributed by atoms with Gasteiger partial charge in [-0.25, -0.2) is 0 Å². The van der Waals surface area contributed by atoms with Gasteiger partial charge in [0.05, 0.1) is 0 Å². The van der Waals surface area contributed by atoms with Gasteiger partial charge in [0.1, 0.15) is 0 Å². The normalized spacial score (nSPS) is 11.5. The zero-order chi connectivity index (χ0) is 16.1. The van der Waals surface area contributed by atoms with Crippen LogP contribution in [0.3, 0.4) is 0 Å². The maximum atomic E-state index is 12.2. The molecule has 1 atom stereocenters. The predicted molar refractivity (Wildman–Crippen MR) is 82.4 cm³/mol. The van der Waals surface area contributed by atoms with Crippen LogP contribution in [0.5, 0.6) is 5.75 Å². The van der Waals surface area contributed by atoms with Gasteiger partial charge < -0.3 is 15.7 Å². The second-order valence-electron chi connectivity index (χ2n) is 4.93. The summed E-state index contributed by atoms with van der Waals surface area (Å²) in [5, 5.41) is 14.9. The molecule has 6 heteroatoms. The van der Waals surface area contributed by atoms with Crippen LogP contribution in [0.1, 0.15) is 19.9 Å². The van der Waals surface area contributed by atoms with Gasteiger partial charge in [0, 0.05) is 31.3 Å². The van der Waals surface area contributed by atoms with Crippen molar-refractivity contribution in [3.8, 4) is 5.75 Å². The first kappa shape index (κ1) is 15.5. The molecule has 2 rings (SSSR count). The van der Waals surface area contributed by atoms with Crippen molar-refractivity contribution >= 4 is 23.2 Å². The van der Waals surface area contributed by atoms with E-state index in [-0.39, 0.29) is 17.6 Å². The molecular weight excluding hydrogens is 282 g/mol. The highest BCUT2D eigenvalue weighted by Gasteiger charge is 2.22. The number of hydrogen-bond acceptors (Lipinski definition) is 3. The molecule has 0 aliphatic heterocycles. The first-order chi connectivity index (χ1) is 10.5. The molecule has 0 aliphatic rings. The highest BCUT2D eigenvalue weighted by atomic mass is 16.3. The van der Waals surface area contributed by atoms with Crippen molar-refractivity contribution < 1.29 is 19.3 Å². The summed E-state index contributed by atoms with van der Waals surface area (Å²) in [6.07, 6.45) is 3.20. The number of nitrogens with one attached hydrogen (secondary N) is 2. The number of pyridine rings is 1. The summed E-state index contributed by atoms with van der Waals surface area (Å²) in [6.45, 7) is 3.17. The minimum Gasteiger partial charge on any atom is -0.503 e. The van der Waals surface area contributed by atoms with E-state index < -0.39 is 6.04 Å². The number of benzene rings is 1. The maximum absolute atomic E-state index is 12.2. The van der Waals surface area contributed by atoms with Crippen molar-refractivity contribution in [2.45, 2.75) is 19.9 Å². The smallest absolute Gasteiger partial charge is 0.293 e. The van der Waals surface area contributed by atoms with E-state index in [4.69, 9.17) is 0 Å². The molecule has 1 aromatic carbocycles. The molecular formula is C16H18N3O3+. The fourth-order valence-electron chi connectivity index (χ4n) is 1.94. The standard InChI is InChI=1S/C16H17N3O3/c1-11(19-9-3-4-15(21)10-19)16(22)18-14-7-5-13(6-8-14)17-12(2)20/h3-11H,1-2H3,(H2-,17,18,20,21,22)/p+1/t11-/m1/s1. The summed E-state index contributed by atoms with van der Waals surface area (Å²) < 4.78 is 1.62. The highest BCUT2D eigenvalue weighted by molar-refractivity contribution is 5.93. The van der Waals surface area contributed by atoms with Crippen molar-refractivity contribution in [3.63, 3.8) is 0 Å². The number of aromatic hydroxyl groups is 1. The van der Waals surface area contributed by atoms with Gasteiger partial charge in [-0.05, 0) is 30.3 Å².